The largest absolute Gasteiger partial charge is 0.497 e. The molecule has 5 heteroatoms. The van der Waals surface area contributed by atoms with Crippen LogP contribution < -0.4 is 4.74 Å². The van der Waals surface area contributed by atoms with Gasteiger partial charge in [0.1, 0.15) is 17.6 Å². The zero-order valence-electron chi connectivity index (χ0n) is 13.0. The summed E-state index contributed by atoms with van der Waals surface area (Å²) in [6.45, 7) is 3.55. The van der Waals surface area contributed by atoms with Gasteiger partial charge >= 0.3 is 0 Å². The van der Waals surface area contributed by atoms with Gasteiger partial charge in [-0.1, -0.05) is 17.3 Å². The van der Waals surface area contributed by atoms with Crippen molar-refractivity contribution < 1.29 is 14.4 Å². The molecule has 0 bridgehead atoms. The number of hydrogen-bond acceptors (Lipinski definition) is 5. The molecule has 0 spiro atoms. The number of nitrogens with zero attached hydrogens (tertiary/aromatic N) is 2. The molecule has 1 aromatic heterocycles. The van der Waals surface area contributed by atoms with Gasteiger partial charge in [-0.3, -0.25) is 4.90 Å². The standard InChI is InChI=1S/C17H22N2O3/c1-17(20,13-5-7-15(21-2)8-6-13)16-4-3-10-19(16)12-14-9-11-22-18-14/h5-9,11,16,20H,3-4,10,12H2,1-2H3/t16-,17-/m1/s1. The van der Waals surface area contributed by atoms with Crippen molar-refractivity contribution in [3.63, 3.8) is 0 Å². The quantitative estimate of drug-likeness (QED) is 0.920. The number of ether oxygens (including phenoxy) is 1. The number of aliphatic hydroxyl groups is 1. The van der Waals surface area contributed by atoms with Crippen molar-refractivity contribution in [1.29, 1.82) is 0 Å². The smallest absolute Gasteiger partial charge is 0.124 e. The minimum absolute atomic E-state index is 0.0672. The van der Waals surface area contributed by atoms with Crippen LogP contribution in [0, 0.1) is 0 Å². The number of benzene rings is 1. The maximum atomic E-state index is 11.1. The molecule has 1 aliphatic heterocycles. The zero-order chi connectivity index (χ0) is 15.6. The van der Waals surface area contributed by atoms with Crippen LogP contribution in [0.5, 0.6) is 5.75 Å². The Bertz CT molecular complexity index is 593. The van der Waals surface area contributed by atoms with Crippen molar-refractivity contribution in [1.82, 2.24) is 10.1 Å². The lowest BCUT2D eigenvalue weighted by molar-refractivity contribution is -0.0259. The summed E-state index contributed by atoms with van der Waals surface area (Å²) >= 11 is 0. The molecular weight excluding hydrogens is 280 g/mol. The Morgan fingerprint density at radius 1 is 1.36 bits per heavy atom. The molecule has 2 aromatic rings. The van der Waals surface area contributed by atoms with Gasteiger partial charge in [-0.25, -0.2) is 0 Å². The lowest BCUT2D eigenvalue weighted by atomic mass is 9.86. The van der Waals surface area contributed by atoms with Gasteiger partial charge in [0.2, 0.25) is 0 Å². The molecule has 1 N–H and O–H groups in total. The normalized spacial score (nSPS) is 21.7. The van der Waals surface area contributed by atoms with Crippen molar-refractivity contribution in [3.8, 4) is 5.75 Å². The van der Waals surface area contributed by atoms with E-state index in [0.29, 0.717) is 6.54 Å². The third-order valence-electron chi connectivity index (χ3n) is 4.54. The third-order valence-corrected chi connectivity index (χ3v) is 4.54. The first-order valence-electron chi connectivity index (χ1n) is 7.61. The molecule has 1 aromatic carbocycles. The van der Waals surface area contributed by atoms with E-state index in [1.54, 1.807) is 13.4 Å². The van der Waals surface area contributed by atoms with Gasteiger partial charge in [0, 0.05) is 18.7 Å². The van der Waals surface area contributed by atoms with E-state index in [-0.39, 0.29) is 6.04 Å². The van der Waals surface area contributed by atoms with E-state index in [4.69, 9.17) is 9.26 Å². The van der Waals surface area contributed by atoms with Crippen molar-refractivity contribution in [2.75, 3.05) is 13.7 Å². The molecule has 2 atom stereocenters. The Kier molecular flexibility index (Phi) is 4.18. The molecular formula is C17H22N2O3. The topological polar surface area (TPSA) is 58.7 Å². The summed E-state index contributed by atoms with van der Waals surface area (Å²) in [7, 11) is 1.64. The summed E-state index contributed by atoms with van der Waals surface area (Å²) in [5, 5.41) is 15.1. The predicted octanol–water partition coefficient (Wildman–Crippen LogP) is 2.56. The van der Waals surface area contributed by atoms with Gasteiger partial charge in [0.05, 0.1) is 12.8 Å². The van der Waals surface area contributed by atoms with E-state index in [9.17, 15) is 5.11 Å². The fourth-order valence-corrected chi connectivity index (χ4v) is 3.30. The minimum atomic E-state index is -0.910. The molecule has 0 aliphatic carbocycles. The SMILES string of the molecule is COc1ccc([C@@](C)(O)[C@H]2CCCN2Cc2ccon2)cc1. The molecule has 0 unspecified atom stereocenters. The molecule has 2 heterocycles. The second-order valence-electron chi connectivity index (χ2n) is 6.00. The summed E-state index contributed by atoms with van der Waals surface area (Å²) in [6, 6.07) is 9.59. The van der Waals surface area contributed by atoms with E-state index < -0.39 is 5.60 Å². The number of methoxy groups -OCH3 is 1. The number of hydrogen-bond donors (Lipinski definition) is 1. The zero-order valence-corrected chi connectivity index (χ0v) is 13.0. The third kappa shape index (κ3) is 2.87. The number of aromatic nitrogens is 1. The second-order valence-corrected chi connectivity index (χ2v) is 6.00. The summed E-state index contributed by atoms with van der Waals surface area (Å²) in [4.78, 5) is 2.28. The van der Waals surface area contributed by atoms with Crippen LogP contribution in [-0.2, 0) is 12.1 Å². The highest BCUT2D eigenvalue weighted by Gasteiger charge is 2.40. The first-order chi connectivity index (χ1) is 10.6. The first-order valence-corrected chi connectivity index (χ1v) is 7.61. The average molecular weight is 302 g/mol. The van der Waals surface area contributed by atoms with Gasteiger partial charge in [0.25, 0.3) is 0 Å². The molecule has 0 saturated carbocycles. The molecule has 3 rings (SSSR count). The summed E-state index contributed by atoms with van der Waals surface area (Å²) in [6.07, 6.45) is 3.63. The molecule has 1 fully saturated rings. The molecule has 1 aliphatic rings. The van der Waals surface area contributed by atoms with Crippen molar-refractivity contribution in [2.24, 2.45) is 0 Å². The van der Waals surface area contributed by atoms with E-state index in [0.717, 1.165) is 36.4 Å². The Balaban J connectivity index is 1.79. The maximum Gasteiger partial charge on any atom is 0.124 e. The van der Waals surface area contributed by atoms with Gasteiger partial charge in [-0.2, -0.15) is 0 Å². The van der Waals surface area contributed by atoms with Crippen LogP contribution in [0.15, 0.2) is 41.1 Å². The highest BCUT2D eigenvalue weighted by Crippen LogP contribution is 2.35. The van der Waals surface area contributed by atoms with Crippen molar-refractivity contribution >= 4 is 0 Å². The highest BCUT2D eigenvalue weighted by atomic mass is 16.5. The van der Waals surface area contributed by atoms with Crippen LogP contribution in [0.25, 0.3) is 0 Å². The maximum absolute atomic E-state index is 11.1. The summed E-state index contributed by atoms with van der Waals surface area (Å²) in [5.74, 6) is 0.797. The molecule has 5 nitrogen and oxygen atoms in total. The van der Waals surface area contributed by atoms with Crippen LogP contribution in [0.2, 0.25) is 0 Å². The number of rotatable bonds is 5. The second kappa shape index (κ2) is 6.10. The average Bonchev–Trinajstić information content (AvgIpc) is 3.20. The Morgan fingerprint density at radius 2 is 2.14 bits per heavy atom. The van der Waals surface area contributed by atoms with E-state index >= 15 is 0 Å². The van der Waals surface area contributed by atoms with Crippen LogP contribution in [0.1, 0.15) is 31.0 Å². The molecule has 1 saturated heterocycles. The van der Waals surface area contributed by atoms with Gasteiger partial charge in [-0.15, -0.1) is 0 Å². The monoisotopic (exact) mass is 302 g/mol. The lowest BCUT2D eigenvalue weighted by Gasteiger charge is -2.36. The first kappa shape index (κ1) is 15.1. The van der Waals surface area contributed by atoms with Gasteiger partial charge < -0.3 is 14.4 Å². The van der Waals surface area contributed by atoms with Crippen LogP contribution in [0.3, 0.4) is 0 Å². The molecule has 22 heavy (non-hydrogen) atoms. The Labute approximate surface area is 130 Å². The van der Waals surface area contributed by atoms with Gasteiger partial charge in [0.15, 0.2) is 0 Å². The van der Waals surface area contributed by atoms with Crippen molar-refractivity contribution in [3.05, 3.63) is 47.9 Å². The molecule has 118 valence electrons. The fraction of sp³-hybridized carbons (Fsp3) is 0.471. The van der Waals surface area contributed by atoms with E-state index in [2.05, 4.69) is 10.1 Å². The van der Waals surface area contributed by atoms with Gasteiger partial charge in [-0.05, 0) is 44.0 Å². The fourth-order valence-electron chi connectivity index (χ4n) is 3.30. The summed E-state index contributed by atoms with van der Waals surface area (Å²) in [5.41, 5.74) is 0.898. The number of likely N-dealkylation sites (tertiary alicyclic amines) is 1. The molecule has 0 amide bonds. The van der Waals surface area contributed by atoms with Crippen molar-refractivity contribution in [2.45, 2.75) is 38.0 Å². The van der Waals surface area contributed by atoms with Crippen LogP contribution >= 0.6 is 0 Å². The van der Waals surface area contributed by atoms with E-state index in [1.165, 1.54) is 0 Å². The summed E-state index contributed by atoms with van der Waals surface area (Å²) < 4.78 is 10.1. The Hall–Kier alpha value is -1.85. The predicted molar refractivity (Wildman–Crippen MR) is 82.5 cm³/mol. The van der Waals surface area contributed by atoms with Crippen LogP contribution in [-0.4, -0.2) is 34.9 Å². The highest BCUT2D eigenvalue weighted by molar-refractivity contribution is 5.31. The Morgan fingerprint density at radius 3 is 2.77 bits per heavy atom. The minimum Gasteiger partial charge on any atom is -0.497 e. The van der Waals surface area contributed by atoms with Crippen LogP contribution in [0.4, 0.5) is 0 Å². The van der Waals surface area contributed by atoms with E-state index in [1.807, 2.05) is 37.3 Å². The molecule has 0 radical (unpaired) electrons. The lowest BCUT2D eigenvalue weighted by Crippen LogP contribution is -2.45.